The number of sulfonamides is 1. The van der Waals surface area contributed by atoms with Gasteiger partial charge in [0.05, 0.1) is 17.0 Å². The van der Waals surface area contributed by atoms with Crippen molar-refractivity contribution in [2.24, 2.45) is 0 Å². The number of aryl methyl sites for hydroxylation is 1. The van der Waals surface area contributed by atoms with Gasteiger partial charge in [-0.1, -0.05) is 22.0 Å². The molecule has 0 bridgehead atoms. The van der Waals surface area contributed by atoms with Gasteiger partial charge >= 0.3 is 0 Å². The topological polar surface area (TPSA) is 55.4 Å². The first kappa shape index (κ1) is 15.0. The lowest BCUT2D eigenvalue weighted by atomic mass is 9.97. The molecule has 6 heteroatoms. The van der Waals surface area contributed by atoms with Crippen LogP contribution in [-0.4, -0.2) is 27.2 Å². The standard InChI is InChI=1S/C13H18BrNO3S/c1-10-4-5-11(14)8-12(10)19(16,17)15-13(2)6-3-7-18-9-13/h4-5,8,15H,3,6-7,9H2,1-2H3. The number of nitrogens with one attached hydrogen (secondary N) is 1. The van der Waals surface area contributed by atoms with Gasteiger partial charge < -0.3 is 4.74 Å². The van der Waals surface area contributed by atoms with Crippen molar-refractivity contribution >= 4 is 26.0 Å². The Hall–Kier alpha value is -0.430. The molecule has 106 valence electrons. The van der Waals surface area contributed by atoms with E-state index in [1.807, 2.05) is 13.0 Å². The Morgan fingerprint density at radius 3 is 2.79 bits per heavy atom. The van der Waals surface area contributed by atoms with Crippen LogP contribution in [0.1, 0.15) is 25.3 Å². The van der Waals surface area contributed by atoms with Crippen LogP contribution in [0.4, 0.5) is 0 Å². The molecule has 0 aliphatic carbocycles. The van der Waals surface area contributed by atoms with Gasteiger partial charge in [0.2, 0.25) is 10.0 Å². The molecule has 1 N–H and O–H groups in total. The number of ether oxygens (including phenoxy) is 1. The van der Waals surface area contributed by atoms with Crippen LogP contribution in [0.5, 0.6) is 0 Å². The van der Waals surface area contributed by atoms with Gasteiger partial charge in [-0.05, 0) is 44.4 Å². The van der Waals surface area contributed by atoms with Gasteiger partial charge in [-0.25, -0.2) is 13.1 Å². The van der Waals surface area contributed by atoms with Crippen LogP contribution < -0.4 is 4.72 Å². The molecule has 1 aliphatic rings. The van der Waals surface area contributed by atoms with Crippen molar-refractivity contribution < 1.29 is 13.2 Å². The molecular formula is C13H18BrNO3S. The van der Waals surface area contributed by atoms with Crippen molar-refractivity contribution in [3.05, 3.63) is 28.2 Å². The van der Waals surface area contributed by atoms with E-state index < -0.39 is 15.6 Å². The van der Waals surface area contributed by atoms with E-state index in [-0.39, 0.29) is 0 Å². The monoisotopic (exact) mass is 347 g/mol. The largest absolute Gasteiger partial charge is 0.380 e. The van der Waals surface area contributed by atoms with Crippen LogP contribution in [0.2, 0.25) is 0 Å². The minimum atomic E-state index is -3.53. The predicted molar refractivity (Wildman–Crippen MR) is 77.7 cm³/mol. The molecule has 0 saturated carbocycles. The van der Waals surface area contributed by atoms with Crippen LogP contribution in [0, 0.1) is 6.92 Å². The van der Waals surface area contributed by atoms with E-state index in [0.717, 1.165) is 22.9 Å². The van der Waals surface area contributed by atoms with Gasteiger partial charge in [-0.2, -0.15) is 0 Å². The van der Waals surface area contributed by atoms with E-state index in [0.29, 0.717) is 18.1 Å². The van der Waals surface area contributed by atoms with Crippen molar-refractivity contribution in [2.75, 3.05) is 13.2 Å². The summed E-state index contributed by atoms with van der Waals surface area (Å²) in [5.41, 5.74) is 0.210. The van der Waals surface area contributed by atoms with Gasteiger partial charge in [-0.15, -0.1) is 0 Å². The molecule has 1 aliphatic heterocycles. The summed E-state index contributed by atoms with van der Waals surface area (Å²) >= 11 is 3.31. The summed E-state index contributed by atoms with van der Waals surface area (Å²) in [4.78, 5) is 0.314. The summed E-state index contributed by atoms with van der Waals surface area (Å²) < 4.78 is 33.9. The van der Waals surface area contributed by atoms with Crippen molar-refractivity contribution in [1.82, 2.24) is 4.72 Å². The zero-order chi connectivity index (χ0) is 14.1. The number of hydrogen-bond acceptors (Lipinski definition) is 3. The van der Waals surface area contributed by atoms with Gasteiger partial charge in [0.1, 0.15) is 0 Å². The minimum absolute atomic E-state index is 0.314. The number of rotatable bonds is 3. The number of halogens is 1. The third-order valence-corrected chi connectivity index (χ3v) is 5.53. The lowest BCUT2D eigenvalue weighted by Gasteiger charge is -2.34. The van der Waals surface area contributed by atoms with E-state index in [2.05, 4.69) is 20.7 Å². The highest BCUT2D eigenvalue weighted by Crippen LogP contribution is 2.25. The molecule has 4 nitrogen and oxygen atoms in total. The molecule has 0 aromatic heterocycles. The van der Waals surface area contributed by atoms with E-state index in [9.17, 15) is 8.42 Å². The highest BCUT2D eigenvalue weighted by atomic mass is 79.9. The lowest BCUT2D eigenvalue weighted by Crippen LogP contribution is -2.51. The smallest absolute Gasteiger partial charge is 0.241 e. The van der Waals surface area contributed by atoms with Gasteiger partial charge in [0.15, 0.2) is 0 Å². The normalized spacial score (nSPS) is 24.4. The Kier molecular flexibility index (Phi) is 4.35. The van der Waals surface area contributed by atoms with Crippen molar-refractivity contribution in [3.8, 4) is 0 Å². The molecule has 1 saturated heterocycles. The van der Waals surface area contributed by atoms with Crippen LogP contribution in [0.3, 0.4) is 0 Å². The second-order valence-corrected chi connectivity index (χ2v) is 7.80. The highest BCUT2D eigenvalue weighted by molar-refractivity contribution is 9.10. The van der Waals surface area contributed by atoms with E-state index in [4.69, 9.17) is 4.74 Å². The zero-order valence-corrected chi connectivity index (χ0v) is 13.5. The van der Waals surface area contributed by atoms with E-state index in [1.165, 1.54) is 0 Å². The Morgan fingerprint density at radius 2 is 2.16 bits per heavy atom. The summed E-state index contributed by atoms with van der Waals surface area (Å²) in [6.07, 6.45) is 1.66. The average molecular weight is 348 g/mol. The van der Waals surface area contributed by atoms with Gasteiger partial charge in [0, 0.05) is 11.1 Å². The first-order valence-corrected chi connectivity index (χ1v) is 8.48. The van der Waals surface area contributed by atoms with Crippen molar-refractivity contribution in [1.29, 1.82) is 0 Å². The minimum Gasteiger partial charge on any atom is -0.380 e. The molecule has 1 fully saturated rings. The first-order valence-electron chi connectivity index (χ1n) is 6.20. The summed E-state index contributed by atoms with van der Waals surface area (Å²) in [5.74, 6) is 0. The highest BCUT2D eigenvalue weighted by Gasteiger charge is 2.33. The fourth-order valence-electron chi connectivity index (χ4n) is 2.26. The Balaban J connectivity index is 2.29. The number of benzene rings is 1. The average Bonchev–Trinajstić information content (AvgIpc) is 2.31. The third-order valence-electron chi connectivity index (χ3n) is 3.26. The van der Waals surface area contributed by atoms with Crippen LogP contribution in [0.15, 0.2) is 27.6 Å². The zero-order valence-electron chi connectivity index (χ0n) is 11.1. The van der Waals surface area contributed by atoms with Crippen LogP contribution >= 0.6 is 15.9 Å². The van der Waals surface area contributed by atoms with E-state index in [1.54, 1.807) is 19.1 Å². The van der Waals surface area contributed by atoms with Crippen molar-refractivity contribution in [2.45, 2.75) is 37.1 Å². The predicted octanol–water partition coefficient (Wildman–Crippen LogP) is 2.60. The van der Waals surface area contributed by atoms with Crippen molar-refractivity contribution in [3.63, 3.8) is 0 Å². The second kappa shape index (κ2) is 5.52. The SMILES string of the molecule is Cc1ccc(Br)cc1S(=O)(=O)NC1(C)CCCOC1. The molecule has 0 radical (unpaired) electrons. The lowest BCUT2D eigenvalue weighted by molar-refractivity contribution is 0.0386. The molecule has 1 unspecified atom stereocenters. The maximum atomic E-state index is 12.5. The summed E-state index contributed by atoms with van der Waals surface area (Å²) in [7, 11) is -3.53. The molecule has 1 atom stereocenters. The molecule has 1 heterocycles. The quantitative estimate of drug-likeness (QED) is 0.914. The summed E-state index contributed by atoms with van der Waals surface area (Å²) in [6.45, 7) is 4.80. The molecule has 2 rings (SSSR count). The van der Waals surface area contributed by atoms with Crippen LogP contribution in [0.25, 0.3) is 0 Å². The molecule has 1 aromatic rings. The molecule has 0 amide bonds. The number of hydrogen-bond donors (Lipinski definition) is 1. The maximum absolute atomic E-state index is 12.5. The fourth-order valence-corrected chi connectivity index (χ4v) is 4.46. The Morgan fingerprint density at radius 1 is 1.42 bits per heavy atom. The summed E-state index contributed by atoms with van der Waals surface area (Å²) in [5, 5.41) is 0. The van der Waals surface area contributed by atoms with Crippen LogP contribution in [-0.2, 0) is 14.8 Å². The molecular weight excluding hydrogens is 330 g/mol. The summed E-state index contributed by atoms with van der Waals surface area (Å²) in [6, 6.07) is 5.25. The Labute approximate surface area is 122 Å². The Bertz CT molecular complexity index is 565. The maximum Gasteiger partial charge on any atom is 0.241 e. The first-order chi connectivity index (χ1) is 8.82. The molecule has 19 heavy (non-hydrogen) atoms. The third kappa shape index (κ3) is 3.56. The molecule has 1 aromatic carbocycles. The fraction of sp³-hybridized carbons (Fsp3) is 0.538. The van der Waals surface area contributed by atoms with Gasteiger partial charge in [0.25, 0.3) is 0 Å². The van der Waals surface area contributed by atoms with Gasteiger partial charge in [-0.3, -0.25) is 0 Å². The molecule has 0 spiro atoms. The van der Waals surface area contributed by atoms with E-state index >= 15 is 0 Å². The second-order valence-electron chi connectivity index (χ2n) is 5.23.